The molecule has 0 amide bonds. The van der Waals surface area contributed by atoms with Crippen molar-refractivity contribution in [2.24, 2.45) is 5.73 Å². The number of aliphatic hydroxyl groups excluding tert-OH is 1. The molecule has 0 heterocycles. The fourth-order valence-electron chi connectivity index (χ4n) is 1.68. The molecule has 1 rings (SSSR count). The summed E-state index contributed by atoms with van der Waals surface area (Å²) in [5.74, 6) is 1.07. The zero-order chi connectivity index (χ0) is 16.4. The van der Waals surface area contributed by atoms with Crippen LogP contribution in [0.4, 0.5) is 5.69 Å². The van der Waals surface area contributed by atoms with Crippen LogP contribution in [0.5, 0.6) is 11.5 Å². The molecule has 0 radical (unpaired) electrons. The van der Waals surface area contributed by atoms with Crippen molar-refractivity contribution in [1.82, 2.24) is 5.32 Å². The van der Waals surface area contributed by atoms with E-state index in [9.17, 15) is 5.11 Å². The van der Waals surface area contributed by atoms with Gasteiger partial charge in [-0.1, -0.05) is 13.8 Å². The number of nitrogens with one attached hydrogen (secondary N) is 1. The molecule has 0 saturated carbocycles. The number of rotatable bonds is 10. The zero-order valence-corrected chi connectivity index (χ0v) is 13.2. The minimum absolute atomic E-state index is 0.171. The molecule has 0 unspecified atom stereocenters. The third-order valence-electron chi connectivity index (χ3n) is 2.86. The van der Waals surface area contributed by atoms with Crippen LogP contribution in [0.15, 0.2) is 18.2 Å². The third-order valence-corrected chi connectivity index (χ3v) is 2.86. The summed E-state index contributed by atoms with van der Waals surface area (Å²) in [5, 5.41) is 12.9. The minimum atomic E-state index is -0.598. The average molecular weight is 307 g/mol. The summed E-state index contributed by atoms with van der Waals surface area (Å²) in [4.78, 5) is 3.44. The molecule has 0 spiro atoms. The summed E-state index contributed by atoms with van der Waals surface area (Å²) < 4.78 is 11.0. The molecule has 1 atom stereocenters. The molecule has 22 heavy (non-hydrogen) atoms. The second-order valence-corrected chi connectivity index (χ2v) is 5.26. The van der Waals surface area contributed by atoms with Gasteiger partial charge in [0.05, 0.1) is 13.2 Å². The molecule has 0 aliphatic carbocycles. The van der Waals surface area contributed by atoms with Gasteiger partial charge >= 0.3 is 0 Å². The smallest absolute Gasteiger partial charge is 0.231 e. The predicted molar refractivity (Wildman–Crippen MR) is 86.5 cm³/mol. The minimum Gasteiger partial charge on any atom is -0.505 e. The van der Waals surface area contributed by atoms with Crippen molar-refractivity contribution >= 4 is 5.69 Å². The maximum atomic E-state index is 9.80. The lowest BCUT2D eigenvalue weighted by Gasteiger charge is -2.15. The third kappa shape index (κ3) is 6.76. The molecule has 0 aliphatic heterocycles. The van der Waals surface area contributed by atoms with Crippen LogP contribution in [0, 0.1) is 6.57 Å². The van der Waals surface area contributed by atoms with E-state index < -0.39 is 6.10 Å². The molecule has 0 aromatic heterocycles. The highest BCUT2D eigenvalue weighted by molar-refractivity contribution is 5.60. The van der Waals surface area contributed by atoms with E-state index in [0.29, 0.717) is 42.9 Å². The van der Waals surface area contributed by atoms with E-state index in [1.165, 1.54) is 0 Å². The van der Waals surface area contributed by atoms with Crippen LogP contribution in [0.3, 0.4) is 0 Å². The van der Waals surface area contributed by atoms with E-state index in [1.807, 2.05) is 13.8 Å². The van der Waals surface area contributed by atoms with E-state index in [2.05, 4.69) is 10.2 Å². The lowest BCUT2D eigenvalue weighted by molar-refractivity contribution is 0.104. The Hall–Kier alpha value is -1.81. The standard InChI is InChI=1S/C16H25N3O3/c1-12(2)19-10-13(20)11-22-14-5-6-16(15(9-14)18-3)21-8-4-7-17/h5-6,9,12-13,19-20H,4,7-8,10-11,17H2,1-2H3/t13-/m0/s1. The van der Waals surface area contributed by atoms with E-state index in [0.717, 1.165) is 6.42 Å². The van der Waals surface area contributed by atoms with Crippen molar-refractivity contribution in [3.63, 3.8) is 0 Å². The molecular weight excluding hydrogens is 282 g/mol. The maximum Gasteiger partial charge on any atom is 0.231 e. The summed E-state index contributed by atoms with van der Waals surface area (Å²) in [5.41, 5.74) is 5.80. The molecule has 122 valence electrons. The summed E-state index contributed by atoms with van der Waals surface area (Å²) in [7, 11) is 0. The highest BCUT2D eigenvalue weighted by Crippen LogP contribution is 2.32. The predicted octanol–water partition coefficient (Wildman–Crippen LogP) is 1.70. The first-order valence-electron chi connectivity index (χ1n) is 7.45. The van der Waals surface area contributed by atoms with Crippen molar-refractivity contribution in [1.29, 1.82) is 0 Å². The van der Waals surface area contributed by atoms with Gasteiger partial charge in [-0.15, -0.1) is 0 Å². The molecule has 1 aromatic rings. The number of benzene rings is 1. The van der Waals surface area contributed by atoms with Crippen LogP contribution in [-0.2, 0) is 0 Å². The van der Waals surface area contributed by atoms with Gasteiger partial charge in [0.1, 0.15) is 24.2 Å². The molecule has 0 fully saturated rings. The second kappa shape index (κ2) is 10.0. The molecule has 1 aromatic carbocycles. The number of hydrogen-bond acceptors (Lipinski definition) is 5. The first kappa shape index (κ1) is 18.2. The van der Waals surface area contributed by atoms with Gasteiger partial charge in [-0.2, -0.15) is 0 Å². The Morgan fingerprint density at radius 1 is 1.36 bits per heavy atom. The van der Waals surface area contributed by atoms with Gasteiger partial charge in [-0.05, 0) is 31.2 Å². The monoisotopic (exact) mass is 307 g/mol. The number of hydrogen-bond donors (Lipinski definition) is 3. The highest BCUT2D eigenvalue weighted by atomic mass is 16.5. The molecule has 0 aliphatic rings. The van der Waals surface area contributed by atoms with E-state index in [4.69, 9.17) is 21.8 Å². The molecule has 6 heteroatoms. The first-order chi connectivity index (χ1) is 10.6. The SMILES string of the molecule is [C-]#[N+]c1cc(OC[C@@H](O)CNC(C)C)ccc1OCCCN. The Morgan fingerprint density at radius 2 is 2.14 bits per heavy atom. The Bertz CT molecular complexity index is 486. The normalized spacial score (nSPS) is 12.0. The van der Waals surface area contributed by atoms with Gasteiger partial charge in [0.2, 0.25) is 5.69 Å². The van der Waals surface area contributed by atoms with Crippen LogP contribution in [0.25, 0.3) is 4.85 Å². The van der Waals surface area contributed by atoms with Gasteiger partial charge in [-0.3, -0.25) is 0 Å². The second-order valence-electron chi connectivity index (χ2n) is 5.26. The van der Waals surface area contributed by atoms with E-state index in [1.54, 1.807) is 18.2 Å². The van der Waals surface area contributed by atoms with Crippen LogP contribution in [0.2, 0.25) is 0 Å². The lowest BCUT2D eigenvalue weighted by Crippen LogP contribution is -2.35. The van der Waals surface area contributed by atoms with Crippen LogP contribution < -0.4 is 20.5 Å². The first-order valence-corrected chi connectivity index (χ1v) is 7.45. The van der Waals surface area contributed by atoms with Crippen molar-refractivity contribution < 1.29 is 14.6 Å². The summed E-state index contributed by atoms with van der Waals surface area (Å²) in [6.45, 7) is 12.9. The Kier molecular flexibility index (Phi) is 8.30. The summed E-state index contributed by atoms with van der Waals surface area (Å²) in [6.07, 6.45) is 0.143. The fraction of sp³-hybridized carbons (Fsp3) is 0.562. The molecular formula is C16H25N3O3. The molecule has 0 saturated heterocycles. The van der Waals surface area contributed by atoms with Gasteiger partial charge in [0.25, 0.3) is 0 Å². The largest absolute Gasteiger partial charge is 0.505 e. The Morgan fingerprint density at radius 3 is 2.77 bits per heavy atom. The molecule has 4 N–H and O–H groups in total. The summed E-state index contributed by atoms with van der Waals surface area (Å²) >= 11 is 0. The Labute approximate surface area is 132 Å². The van der Waals surface area contributed by atoms with Crippen molar-refractivity contribution in [2.75, 3.05) is 26.3 Å². The molecule has 0 bridgehead atoms. The number of nitrogens with zero attached hydrogens (tertiary/aromatic N) is 1. The topological polar surface area (TPSA) is 81.1 Å². The van der Waals surface area contributed by atoms with Crippen molar-refractivity contribution in [3.8, 4) is 11.5 Å². The van der Waals surface area contributed by atoms with Crippen molar-refractivity contribution in [2.45, 2.75) is 32.4 Å². The number of nitrogens with two attached hydrogens (primary N) is 1. The van der Waals surface area contributed by atoms with Gasteiger partial charge < -0.3 is 25.6 Å². The average Bonchev–Trinajstić information content (AvgIpc) is 2.51. The quantitative estimate of drug-likeness (QED) is 0.453. The van der Waals surface area contributed by atoms with Crippen LogP contribution in [-0.4, -0.2) is 43.6 Å². The highest BCUT2D eigenvalue weighted by Gasteiger charge is 2.09. The fourth-order valence-corrected chi connectivity index (χ4v) is 1.68. The van der Waals surface area contributed by atoms with Gasteiger partial charge in [0.15, 0.2) is 0 Å². The lowest BCUT2D eigenvalue weighted by atomic mass is 10.2. The van der Waals surface area contributed by atoms with Crippen molar-refractivity contribution in [3.05, 3.63) is 29.6 Å². The molecule has 6 nitrogen and oxygen atoms in total. The van der Waals surface area contributed by atoms with Gasteiger partial charge in [-0.25, -0.2) is 4.85 Å². The summed E-state index contributed by atoms with van der Waals surface area (Å²) in [6, 6.07) is 5.37. The van der Waals surface area contributed by atoms with E-state index >= 15 is 0 Å². The van der Waals surface area contributed by atoms with Crippen LogP contribution in [0.1, 0.15) is 20.3 Å². The maximum absolute atomic E-state index is 9.80. The number of aliphatic hydroxyl groups is 1. The zero-order valence-electron chi connectivity index (χ0n) is 13.2. The Balaban J connectivity index is 2.53. The van der Waals surface area contributed by atoms with Gasteiger partial charge in [0, 0.05) is 12.6 Å². The van der Waals surface area contributed by atoms with E-state index in [-0.39, 0.29) is 6.61 Å². The number of ether oxygens (including phenoxy) is 2. The van der Waals surface area contributed by atoms with Crippen LogP contribution >= 0.6 is 0 Å².